The number of benzene rings is 3. The lowest BCUT2D eigenvalue weighted by molar-refractivity contribution is -0.143. The Morgan fingerprint density at radius 1 is 0.949 bits per heavy atom. The molecule has 4 rings (SSSR count). The molecule has 0 bridgehead atoms. The van der Waals surface area contributed by atoms with Crippen LogP contribution in [-0.2, 0) is 26.0 Å². The maximum Gasteiger partial charge on any atom is 0.308 e. The quantitative estimate of drug-likeness (QED) is 0.257. The molecule has 1 aliphatic heterocycles. The van der Waals surface area contributed by atoms with E-state index in [-0.39, 0.29) is 23.4 Å². The first-order valence-electron chi connectivity index (χ1n) is 12.5. The molecule has 0 aliphatic carbocycles. The average Bonchev–Trinajstić information content (AvgIpc) is 2.96. The topological polar surface area (TPSA) is 108 Å². The third kappa shape index (κ3) is 6.23. The van der Waals surface area contributed by atoms with E-state index in [1.54, 1.807) is 24.3 Å². The normalized spacial score (nSPS) is 15.2. The van der Waals surface area contributed by atoms with Crippen molar-refractivity contribution < 1.29 is 37.0 Å². The Bertz CT molecular complexity index is 1440. The average molecular weight is 554 g/mol. The van der Waals surface area contributed by atoms with Crippen LogP contribution in [0.15, 0.2) is 71.6 Å². The van der Waals surface area contributed by atoms with Crippen LogP contribution >= 0.6 is 0 Å². The number of fused-ring (bicyclic) bond motifs is 1. The molecule has 0 fully saturated rings. The standard InChI is InChI=1S/C29H31NO8S/c1-4-37-21-9-12-23(13-10-21)39(33,34)30-16-15-20-7-5-6-8-24(20)26(30)18-29(32)38-19-27(31)25-17-22(35-2)11-14-28(25)36-3/h5-14,17,26H,4,15-16,18-19H2,1-3H3. The molecule has 3 aromatic rings. The van der Waals surface area contributed by atoms with Gasteiger partial charge in [0.25, 0.3) is 0 Å². The molecule has 39 heavy (non-hydrogen) atoms. The lowest BCUT2D eigenvalue weighted by Crippen LogP contribution is -2.41. The first-order chi connectivity index (χ1) is 18.8. The van der Waals surface area contributed by atoms with Gasteiger partial charge in [0.1, 0.15) is 17.2 Å². The molecular weight excluding hydrogens is 522 g/mol. The number of ketones is 1. The van der Waals surface area contributed by atoms with Gasteiger partial charge >= 0.3 is 5.97 Å². The third-order valence-corrected chi connectivity index (χ3v) is 8.46. The second-order valence-corrected chi connectivity index (χ2v) is 10.7. The van der Waals surface area contributed by atoms with Gasteiger partial charge in [0, 0.05) is 6.54 Å². The van der Waals surface area contributed by atoms with Crippen LogP contribution in [-0.4, -0.2) is 58.5 Å². The molecule has 206 valence electrons. The molecule has 1 unspecified atom stereocenters. The number of hydrogen-bond acceptors (Lipinski definition) is 8. The molecular formula is C29H31NO8S. The van der Waals surface area contributed by atoms with Gasteiger partial charge in [0.05, 0.1) is 43.7 Å². The summed E-state index contributed by atoms with van der Waals surface area (Å²) >= 11 is 0. The van der Waals surface area contributed by atoms with Crippen LogP contribution in [0, 0.1) is 0 Å². The van der Waals surface area contributed by atoms with E-state index in [1.807, 2.05) is 31.2 Å². The second kappa shape index (κ2) is 12.3. The number of hydrogen-bond donors (Lipinski definition) is 0. The number of esters is 1. The van der Waals surface area contributed by atoms with E-state index in [9.17, 15) is 18.0 Å². The molecule has 1 aliphatic rings. The summed E-state index contributed by atoms with van der Waals surface area (Å²) in [5.41, 5.74) is 1.91. The van der Waals surface area contributed by atoms with E-state index in [4.69, 9.17) is 18.9 Å². The third-order valence-electron chi connectivity index (χ3n) is 6.54. The van der Waals surface area contributed by atoms with Crippen molar-refractivity contribution in [2.75, 3.05) is 34.0 Å². The fraction of sp³-hybridized carbons (Fsp3) is 0.310. The van der Waals surface area contributed by atoms with Gasteiger partial charge in [-0.1, -0.05) is 24.3 Å². The highest BCUT2D eigenvalue weighted by atomic mass is 32.2. The van der Waals surface area contributed by atoms with Gasteiger partial charge in [0.2, 0.25) is 15.8 Å². The van der Waals surface area contributed by atoms with Gasteiger partial charge in [0.15, 0.2) is 6.61 Å². The minimum absolute atomic E-state index is 0.101. The molecule has 1 atom stereocenters. The summed E-state index contributed by atoms with van der Waals surface area (Å²) in [7, 11) is -1.04. The zero-order chi connectivity index (χ0) is 28.0. The van der Waals surface area contributed by atoms with Gasteiger partial charge < -0.3 is 18.9 Å². The van der Waals surface area contributed by atoms with E-state index >= 15 is 0 Å². The fourth-order valence-corrected chi connectivity index (χ4v) is 6.22. The molecule has 3 aromatic carbocycles. The second-order valence-electron chi connectivity index (χ2n) is 8.84. The molecule has 0 amide bonds. The maximum atomic E-state index is 13.7. The zero-order valence-electron chi connectivity index (χ0n) is 22.1. The summed E-state index contributed by atoms with van der Waals surface area (Å²) in [5.74, 6) is 0.184. The minimum Gasteiger partial charge on any atom is -0.497 e. The van der Waals surface area contributed by atoms with Gasteiger partial charge in [-0.05, 0) is 66.9 Å². The van der Waals surface area contributed by atoms with Crippen molar-refractivity contribution in [1.82, 2.24) is 4.31 Å². The van der Waals surface area contributed by atoms with Crippen molar-refractivity contribution in [3.63, 3.8) is 0 Å². The van der Waals surface area contributed by atoms with Gasteiger partial charge in [-0.15, -0.1) is 0 Å². The van der Waals surface area contributed by atoms with Gasteiger partial charge in [-0.3, -0.25) is 9.59 Å². The van der Waals surface area contributed by atoms with Crippen LogP contribution in [0.2, 0.25) is 0 Å². The Morgan fingerprint density at radius 3 is 2.36 bits per heavy atom. The summed E-state index contributed by atoms with van der Waals surface area (Å²) in [6, 6.07) is 17.6. The van der Waals surface area contributed by atoms with E-state index in [2.05, 4.69) is 0 Å². The Morgan fingerprint density at radius 2 is 1.67 bits per heavy atom. The number of rotatable bonds is 11. The van der Waals surface area contributed by atoms with E-state index < -0.39 is 34.4 Å². The largest absolute Gasteiger partial charge is 0.497 e. The number of nitrogens with zero attached hydrogens (tertiary/aromatic N) is 1. The zero-order valence-corrected chi connectivity index (χ0v) is 22.9. The van der Waals surface area contributed by atoms with Crippen molar-refractivity contribution >= 4 is 21.8 Å². The highest BCUT2D eigenvalue weighted by Crippen LogP contribution is 2.37. The number of carbonyl (C=O) groups excluding carboxylic acids is 2. The predicted molar refractivity (Wildman–Crippen MR) is 144 cm³/mol. The Balaban J connectivity index is 1.54. The molecule has 0 spiro atoms. The number of ether oxygens (including phenoxy) is 4. The van der Waals surface area contributed by atoms with Crippen LogP contribution < -0.4 is 14.2 Å². The fourth-order valence-electron chi connectivity index (χ4n) is 4.61. The smallest absolute Gasteiger partial charge is 0.308 e. The molecule has 0 N–H and O–H groups in total. The first kappa shape index (κ1) is 28.1. The molecule has 1 heterocycles. The highest BCUT2D eigenvalue weighted by Gasteiger charge is 2.38. The first-order valence-corrected chi connectivity index (χ1v) is 14.0. The van der Waals surface area contributed by atoms with Crippen LogP contribution in [0.4, 0.5) is 0 Å². The Hall–Kier alpha value is -3.89. The van der Waals surface area contributed by atoms with Crippen molar-refractivity contribution in [3.8, 4) is 17.2 Å². The number of carbonyl (C=O) groups is 2. The Labute approximate surface area is 228 Å². The lowest BCUT2D eigenvalue weighted by atomic mass is 9.92. The number of sulfonamides is 1. The van der Waals surface area contributed by atoms with E-state index in [0.717, 1.165) is 11.1 Å². The van der Waals surface area contributed by atoms with Crippen molar-refractivity contribution in [1.29, 1.82) is 0 Å². The molecule has 9 nitrogen and oxygen atoms in total. The van der Waals surface area contributed by atoms with Crippen LogP contribution in [0.3, 0.4) is 0 Å². The summed E-state index contributed by atoms with van der Waals surface area (Å²) < 4.78 is 49.9. The van der Waals surface area contributed by atoms with Crippen molar-refractivity contribution in [2.45, 2.75) is 30.7 Å². The van der Waals surface area contributed by atoms with Gasteiger partial charge in [-0.25, -0.2) is 8.42 Å². The summed E-state index contributed by atoms with van der Waals surface area (Å²) in [4.78, 5) is 25.9. The number of methoxy groups -OCH3 is 2. The monoisotopic (exact) mass is 553 g/mol. The van der Waals surface area contributed by atoms with Crippen LogP contribution in [0.1, 0.15) is 40.9 Å². The molecule has 0 aromatic heterocycles. The highest BCUT2D eigenvalue weighted by molar-refractivity contribution is 7.89. The molecule has 0 saturated carbocycles. The van der Waals surface area contributed by atoms with Crippen molar-refractivity contribution in [3.05, 3.63) is 83.4 Å². The van der Waals surface area contributed by atoms with Crippen LogP contribution in [0.25, 0.3) is 0 Å². The molecule has 10 heteroatoms. The lowest BCUT2D eigenvalue weighted by Gasteiger charge is -2.36. The van der Waals surface area contributed by atoms with E-state index in [1.165, 1.54) is 36.7 Å². The minimum atomic E-state index is -3.95. The SMILES string of the molecule is CCOc1ccc(S(=O)(=O)N2CCc3ccccc3C2CC(=O)OCC(=O)c2cc(OC)ccc2OC)cc1. The predicted octanol–water partition coefficient (Wildman–Crippen LogP) is 4.21. The molecule has 0 radical (unpaired) electrons. The van der Waals surface area contributed by atoms with Crippen LogP contribution in [0.5, 0.6) is 17.2 Å². The van der Waals surface area contributed by atoms with Crippen molar-refractivity contribution in [2.24, 2.45) is 0 Å². The maximum absolute atomic E-state index is 13.7. The van der Waals surface area contributed by atoms with Gasteiger partial charge in [-0.2, -0.15) is 4.31 Å². The summed E-state index contributed by atoms with van der Waals surface area (Å²) in [6.07, 6.45) is 0.252. The number of Topliss-reactive ketones (excluding diaryl/α,β-unsaturated/α-hetero) is 1. The summed E-state index contributed by atoms with van der Waals surface area (Å²) in [5, 5.41) is 0. The summed E-state index contributed by atoms with van der Waals surface area (Å²) in [6.45, 7) is 1.99. The van der Waals surface area contributed by atoms with E-state index in [0.29, 0.717) is 30.3 Å². The Kier molecular flexibility index (Phi) is 8.88. The molecule has 0 saturated heterocycles.